The number of carbonyl (C=O) groups is 2. The summed E-state index contributed by atoms with van der Waals surface area (Å²) in [5.41, 5.74) is -1.13. The summed E-state index contributed by atoms with van der Waals surface area (Å²) >= 11 is 3.40. The summed E-state index contributed by atoms with van der Waals surface area (Å²) in [7, 11) is 1.30. The Labute approximate surface area is 157 Å². The number of benzene rings is 1. The first kappa shape index (κ1) is 21.2. The summed E-state index contributed by atoms with van der Waals surface area (Å²) in [4.78, 5) is 24.9. The maximum atomic E-state index is 12.6. The van der Waals surface area contributed by atoms with E-state index in [1.807, 2.05) is 43.3 Å². The van der Waals surface area contributed by atoms with Gasteiger partial charge in [-0.25, -0.2) is 9.59 Å². The highest BCUT2D eigenvalue weighted by Gasteiger charge is 2.44. The minimum atomic E-state index is -1.32. The molecule has 0 radical (unpaired) electrons. The van der Waals surface area contributed by atoms with Crippen LogP contribution in [0.2, 0.25) is 0 Å². The SMILES string of the molecule is C/C=C/[C@@H](c1ccc(Br)cc1)[C@](C)(NC(=O)OC(C)(C)C)C(=O)OC. The molecule has 1 aromatic rings. The summed E-state index contributed by atoms with van der Waals surface area (Å²) in [5, 5.41) is 2.70. The Morgan fingerprint density at radius 1 is 1.16 bits per heavy atom. The third-order valence-corrected chi connectivity index (χ3v) is 4.13. The van der Waals surface area contributed by atoms with Crippen molar-refractivity contribution >= 4 is 28.0 Å². The lowest BCUT2D eigenvalue weighted by molar-refractivity contribution is -0.148. The zero-order valence-electron chi connectivity index (χ0n) is 15.6. The molecule has 1 amide bonds. The van der Waals surface area contributed by atoms with Crippen LogP contribution in [0.1, 0.15) is 46.1 Å². The number of rotatable bonds is 5. The highest BCUT2D eigenvalue weighted by atomic mass is 79.9. The van der Waals surface area contributed by atoms with E-state index < -0.39 is 29.1 Å². The van der Waals surface area contributed by atoms with E-state index in [0.29, 0.717) is 0 Å². The van der Waals surface area contributed by atoms with Gasteiger partial charge in [-0.05, 0) is 52.3 Å². The number of methoxy groups -OCH3 is 1. The number of nitrogens with one attached hydrogen (secondary N) is 1. The van der Waals surface area contributed by atoms with Gasteiger partial charge in [0.05, 0.1) is 7.11 Å². The van der Waals surface area contributed by atoms with E-state index in [1.54, 1.807) is 27.7 Å². The maximum Gasteiger partial charge on any atom is 0.408 e. The van der Waals surface area contributed by atoms with Gasteiger partial charge >= 0.3 is 12.1 Å². The predicted molar refractivity (Wildman–Crippen MR) is 101 cm³/mol. The van der Waals surface area contributed by atoms with Gasteiger partial charge in [-0.1, -0.05) is 40.2 Å². The van der Waals surface area contributed by atoms with E-state index in [0.717, 1.165) is 10.0 Å². The van der Waals surface area contributed by atoms with Crippen molar-refractivity contribution in [2.45, 2.75) is 51.7 Å². The lowest BCUT2D eigenvalue weighted by Crippen LogP contribution is -2.57. The molecule has 2 atom stereocenters. The molecule has 6 heteroatoms. The van der Waals surface area contributed by atoms with E-state index in [4.69, 9.17) is 9.47 Å². The summed E-state index contributed by atoms with van der Waals surface area (Å²) in [6.45, 7) is 8.78. The monoisotopic (exact) mass is 411 g/mol. The van der Waals surface area contributed by atoms with Crippen LogP contribution in [-0.2, 0) is 14.3 Å². The Balaban J connectivity index is 3.30. The van der Waals surface area contributed by atoms with Crippen molar-refractivity contribution < 1.29 is 19.1 Å². The number of halogens is 1. The molecule has 0 heterocycles. The van der Waals surface area contributed by atoms with Gasteiger partial charge < -0.3 is 14.8 Å². The zero-order chi connectivity index (χ0) is 19.3. The van der Waals surface area contributed by atoms with Gasteiger partial charge in [0.15, 0.2) is 0 Å². The third kappa shape index (κ3) is 5.88. The maximum absolute atomic E-state index is 12.6. The van der Waals surface area contributed by atoms with Crippen LogP contribution in [-0.4, -0.2) is 30.3 Å². The lowest BCUT2D eigenvalue weighted by atomic mass is 9.80. The van der Waals surface area contributed by atoms with Gasteiger partial charge in [0.1, 0.15) is 11.1 Å². The Hall–Kier alpha value is -1.82. The minimum Gasteiger partial charge on any atom is -0.467 e. The highest BCUT2D eigenvalue weighted by molar-refractivity contribution is 9.10. The molecule has 0 bridgehead atoms. The molecule has 0 fully saturated rings. The first-order valence-electron chi connectivity index (χ1n) is 8.01. The standard InChI is InChI=1S/C19H26BrNO4/c1-7-8-15(13-9-11-14(20)12-10-13)19(5,16(22)24-6)21-17(23)25-18(2,3)4/h7-12,15H,1-6H3,(H,21,23)/b8-7+/t15-,19-/m0/s1. The number of carbonyl (C=O) groups excluding carboxylic acids is 2. The van der Waals surface area contributed by atoms with Crippen molar-refractivity contribution in [3.8, 4) is 0 Å². The Bertz CT molecular complexity index is 634. The molecule has 5 nitrogen and oxygen atoms in total. The molecule has 0 unspecified atom stereocenters. The molecule has 0 saturated heterocycles. The Morgan fingerprint density at radius 3 is 2.16 bits per heavy atom. The molecule has 25 heavy (non-hydrogen) atoms. The molecule has 0 aromatic heterocycles. The van der Waals surface area contributed by atoms with Gasteiger partial charge in [-0.15, -0.1) is 0 Å². The molecular formula is C19H26BrNO4. The fraction of sp³-hybridized carbons (Fsp3) is 0.474. The largest absolute Gasteiger partial charge is 0.467 e. The number of hydrogen-bond acceptors (Lipinski definition) is 4. The van der Waals surface area contributed by atoms with Crippen LogP contribution in [0.4, 0.5) is 4.79 Å². The van der Waals surface area contributed by atoms with Gasteiger partial charge in [-0.2, -0.15) is 0 Å². The van der Waals surface area contributed by atoms with Crippen molar-refractivity contribution in [1.82, 2.24) is 5.32 Å². The van der Waals surface area contributed by atoms with Crippen molar-refractivity contribution in [3.63, 3.8) is 0 Å². The molecule has 1 N–H and O–H groups in total. The molecule has 0 saturated carbocycles. The number of ether oxygens (including phenoxy) is 2. The van der Waals surface area contributed by atoms with Crippen molar-refractivity contribution in [2.75, 3.05) is 7.11 Å². The van der Waals surface area contributed by atoms with Gasteiger partial charge in [0.25, 0.3) is 0 Å². The Morgan fingerprint density at radius 2 is 1.72 bits per heavy atom. The Kier molecular flexibility index (Phi) is 7.23. The van der Waals surface area contributed by atoms with E-state index in [2.05, 4.69) is 21.2 Å². The van der Waals surface area contributed by atoms with Crippen LogP contribution >= 0.6 is 15.9 Å². The number of amides is 1. The average molecular weight is 412 g/mol. The molecule has 1 aromatic carbocycles. The second-order valence-electron chi connectivity index (χ2n) is 6.88. The van der Waals surface area contributed by atoms with Crippen LogP contribution in [0.5, 0.6) is 0 Å². The van der Waals surface area contributed by atoms with Crippen molar-refractivity contribution in [3.05, 3.63) is 46.5 Å². The van der Waals surface area contributed by atoms with Gasteiger partial charge in [0, 0.05) is 10.4 Å². The van der Waals surface area contributed by atoms with Crippen molar-refractivity contribution in [1.29, 1.82) is 0 Å². The van der Waals surface area contributed by atoms with Crippen LogP contribution in [0.25, 0.3) is 0 Å². The summed E-state index contributed by atoms with van der Waals surface area (Å²) in [6.07, 6.45) is 3.02. The summed E-state index contributed by atoms with van der Waals surface area (Å²) in [6, 6.07) is 7.56. The molecule has 0 aliphatic carbocycles. The normalized spacial score (nSPS) is 15.3. The van der Waals surface area contributed by atoms with Crippen LogP contribution in [0.3, 0.4) is 0 Å². The van der Waals surface area contributed by atoms with E-state index in [-0.39, 0.29) is 0 Å². The fourth-order valence-electron chi connectivity index (χ4n) is 2.48. The van der Waals surface area contributed by atoms with Gasteiger partial charge in [-0.3, -0.25) is 0 Å². The molecule has 1 rings (SSSR count). The number of allylic oxidation sites excluding steroid dienone is 1. The quantitative estimate of drug-likeness (QED) is 0.569. The number of esters is 1. The first-order chi connectivity index (χ1) is 11.5. The lowest BCUT2D eigenvalue weighted by Gasteiger charge is -2.35. The van der Waals surface area contributed by atoms with Crippen molar-refractivity contribution in [2.24, 2.45) is 0 Å². The molecular weight excluding hydrogens is 386 g/mol. The molecule has 0 aliphatic rings. The molecule has 0 spiro atoms. The number of hydrogen-bond donors (Lipinski definition) is 1. The second-order valence-corrected chi connectivity index (χ2v) is 7.79. The van der Waals surface area contributed by atoms with E-state index in [9.17, 15) is 9.59 Å². The summed E-state index contributed by atoms with van der Waals surface area (Å²) < 4.78 is 11.2. The van der Waals surface area contributed by atoms with E-state index in [1.165, 1.54) is 7.11 Å². The van der Waals surface area contributed by atoms with Gasteiger partial charge in [0.2, 0.25) is 0 Å². The molecule has 138 valence electrons. The zero-order valence-corrected chi connectivity index (χ0v) is 17.1. The topological polar surface area (TPSA) is 64.6 Å². The number of alkyl carbamates (subject to hydrolysis) is 1. The first-order valence-corrected chi connectivity index (χ1v) is 8.80. The van der Waals surface area contributed by atoms with Crippen LogP contribution in [0, 0.1) is 0 Å². The predicted octanol–water partition coefficient (Wildman–Crippen LogP) is 4.57. The smallest absolute Gasteiger partial charge is 0.408 e. The average Bonchev–Trinajstić information content (AvgIpc) is 2.50. The summed E-state index contributed by atoms with van der Waals surface area (Å²) in [5.74, 6) is -0.977. The minimum absolute atomic E-state index is 0.425. The van der Waals surface area contributed by atoms with Crippen LogP contribution in [0.15, 0.2) is 40.9 Å². The fourth-order valence-corrected chi connectivity index (χ4v) is 2.75. The second kappa shape index (κ2) is 8.52. The van der Waals surface area contributed by atoms with Crippen LogP contribution < -0.4 is 5.32 Å². The highest BCUT2D eigenvalue weighted by Crippen LogP contribution is 2.32. The molecule has 0 aliphatic heterocycles. The third-order valence-electron chi connectivity index (χ3n) is 3.61. The van der Waals surface area contributed by atoms with E-state index >= 15 is 0 Å².